The summed E-state index contributed by atoms with van der Waals surface area (Å²) in [5, 5.41) is 15.8. The van der Waals surface area contributed by atoms with E-state index in [1.54, 1.807) is 12.1 Å². The van der Waals surface area contributed by atoms with Gasteiger partial charge in [-0.25, -0.2) is 4.79 Å². The minimum Gasteiger partial charge on any atom is -0.485 e. The summed E-state index contributed by atoms with van der Waals surface area (Å²) in [4.78, 5) is 13.9. The van der Waals surface area contributed by atoms with Crippen molar-refractivity contribution in [3.8, 4) is 5.75 Å². The Morgan fingerprint density at radius 2 is 1.67 bits per heavy atom. The minimum atomic E-state index is -0.936. The molecule has 5 heteroatoms. The molecule has 2 atom stereocenters. The van der Waals surface area contributed by atoms with Gasteiger partial charge in [-0.1, -0.05) is 66.7 Å². The van der Waals surface area contributed by atoms with Crippen LogP contribution in [0.4, 0.5) is 11.4 Å². The van der Waals surface area contributed by atoms with Crippen molar-refractivity contribution in [3.63, 3.8) is 0 Å². The number of carboxylic acid groups (broad SMARTS) is 1. The molecule has 5 rings (SSSR count). The van der Waals surface area contributed by atoms with Crippen LogP contribution < -0.4 is 15.0 Å². The Hall–Kier alpha value is -3.83. The summed E-state index contributed by atoms with van der Waals surface area (Å²) in [6, 6.07) is 29.8. The van der Waals surface area contributed by atoms with Crippen molar-refractivity contribution < 1.29 is 14.6 Å². The SMILES string of the molecule is CC(NCC1CN(c2ccccc2C(=O)O)c2ccccc2O1)c1cccc2ccccc12. The van der Waals surface area contributed by atoms with E-state index in [2.05, 4.69) is 59.6 Å². The second-order valence-electron chi connectivity index (χ2n) is 8.34. The molecule has 5 nitrogen and oxygen atoms in total. The smallest absolute Gasteiger partial charge is 0.337 e. The molecular weight excluding hydrogens is 412 g/mol. The second-order valence-corrected chi connectivity index (χ2v) is 8.34. The summed E-state index contributed by atoms with van der Waals surface area (Å²) in [6.45, 7) is 3.34. The van der Waals surface area contributed by atoms with Gasteiger partial charge in [0.15, 0.2) is 0 Å². The van der Waals surface area contributed by atoms with Gasteiger partial charge in [0.2, 0.25) is 0 Å². The van der Waals surface area contributed by atoms with Gasteiger partial charge in [-0.05, 0) is 47.5 Å². The number of aromatic carboxylic acids is 1. The Kier molecular flexibility index (Phi) is 5.71. The van der Waals surface area contributed by atoms with Crippen LogP contribution in [-0.2, 0) is 0 Å². The number of anilines is 2. The fourth-order valence-electron chi connectivity index (χ4n) is 4.57. The molecule has 0 aliphatic carbocycles. The van der Waals surface area contributed by atoms with Crippen LogP contribution in [0.5, 0.6) is 5.75 Å². The average Bonchev–Trinajstić information content (AvgIpc) is 2.86. The van der Waals surface area contributed by atoms with Crippen molar-refractivity contribution in [1.29, 1.82) is 0 Å². The summed E-state index contributed by atoms with van der Waals surface area (Å²) in [6.07, 6.45) is -0.140. The third-order valence-electron chi connectivity index (χ3n) is 6.20. The lowest BCUT2D eigenvalue weighted by molar-refractivity contribution is 0.0697. The first-order valence-corrected chi connectivity index (χ1v) is 11.2. The molecule has 1 heterocycles. The highest BCUT2D eigenvalue weighted by Gasteiger charge is 2.29. The number of fused-ring (bicyclic) bond motifs is 2. The van der Waals surface area contributed by atoms with Crippen LogP contribution >= 0.6 is 0 Å². The molecule has 2 unspecified atom stereocenters. The maximum Gasteiger partial charge on any atom is 0.337 e. The summed E-state index contributed by atoms with van der Waals surface area (Å²) in [5.74, 6) is -0.178. The highest BCUT2D eigenvalue weighted by atomic mass is 16.5. The van der Waals surface area contributed by atoms with Crippen molar-refractivity contribution in [2.75, 3.05) is 18.0 Å². The topological polar surface area (TPSA) is 61.8 Å². The molecule has 0 saturated heterocycles. The molecule has 1 aliphatic rings. The van der Waals surface area contributed by atoms with E-state index in [9.17, 15) is 9.90 Å². The van der Waals surface area contributed by atoms with Crippen LogP contribution in [0.25, 0.3) is 10.8 Å². The summed E-state index contributed by atoms with van der Waals surface area (Å²) < 4.78 is 6.31. The maximum atomic E-state index is 11.9. The number of nitrogens with zero attached hydrogens (tertiary/aromatic N) is 1. The number of hydrogen-bond donors (Lipinski definition) is 2. The van der Waals surface area contributed by atoms with Crippen LogP contribution in [0.15, 0.2) is 91.0 Å². The molecule has 0 saturated carbocycles. The number of para-hydroxylation sites is 3. The fraction of sp³-hybridized carbons (Fsp3) is 0.179. The molecule has 0 bridgehead atoms. The third kappa shape index (κ3) is 4.15. The molecule has 0 radical (unpaired) electrons. The fourth-order valence-corrected chi connectivity index (χ4v) is 4.57. The Bertz CT molecular complexity index is 1300. The Morgan fingerprint density at radius 3 is 2.52 bits per heavy atom. The predicted molar refractivity (Wildman–Crippen MR) is 132 cm³/mol. The predicted octanol–water partition coefficient (Wildman–Crippen LogP) is 5.79. The van der Waals surface area contributed by atoms with Crippen molar-refractivity contribution in [3.05, 3.63) is 102 Å². The van der Waals surface area contributed by atoms with E-state index >= 15 is 0 Å². The number of rotatable bonds is 6. The Morgan fingerprint density at radius 1 is 0.970 bits per heavy atom. The molecule has 1 aliphatic heterocycles. The molecule has 4 aromatic carbocycles. The number of ether oxygens (including phenoxy) is 1. The Labute approximate surface area is 193 Å². The molecule has 4 aromatic rings. The highest BCUT2D eigenvalue weighted by molar-refractivity contribution is 5.96. The van der Waals surface area contributed by atoms with E-state index in [0.717, 1.165) is 11.4 Å². The maximum absolute atomic E-state index is 11.9. The molecule has 0 spiro atoms. The van der Waals surface area contributed by atoms with Gasteiger partial charge in [0.05, 0.1) is 23.5 Å². The average molecular weight is 439 g/mol. The number of nitrogens with one attached hydrogen (secondary N) is 1. The summed E-state index contributed by atoms with van der Waals surface area (Å²) in [7, 11) is 0. The van der Waals surface area contributed by atoms with Crippen LogP contribution in [0.2, 0.25) is 0 Å². The Balaban J connectivity index is 1.39. The van der Waals surface area contributed by atoms with Gasteiger partial charge < -0.3 is 20.1 Å². The van der Waals surface area contributed by atoms with Gasteiger partial charge in [0.1, 0.15) is 11.9 Å². The monoisotopic (exact) mass is 438 g/mol. The van der Waals surface area contributed by atoms with Crippen LogP contribution in [0.3, 0.4) is 0 Å². The normalized spacial score (nSPS) is 16.2. The zero-order valence-corrected chi connectivity index (χ0v) is 18.4. The van der Waals surface area contributed by atoms with Gasteiger partial charge in [0.25, 0.3) is 0 Å². The first kappa shape index (κ1) is 21.0. The molecule has 0 amide bonds. The standard InChI is InChI=1S/C28H26N2O3/c1-19(22-13-8-10-20-9-2-3-11-23(20)22)29-17-21-18-30(26-15-6-7-16-27(26)33-21)25-14-5-4-12-24(25)28(31)32/h2-16,19,21,29H,17-18H2,1H3,(H,31,32). The third-order valence-corrected chi connectivity index (χ3v) is 6.20. The van der Waals surface area contributed by atoms with Gasteiger partial charge in [0, 0.05) is 12.6 Å². The lowest BCUT2D eigenvalue weighted by atomic mass is 9.99. The van der Waals surface area contributed by atoms with Gasteiger partial charge in [-0.3, -0.25) is 0 Å². The number of hydrogen-bond acceptors (Lipinski definition) is 4. The zero-order valence-electron chi connectivity index (χ0n) is 18.4. The summed E-state index contributed by atoms with van der Waals surface area (Å²) in [5.41, 5.74) is 3.08. The van der Waals surface area contributed by atoms with E-state index in [1.807, 2.05) is 36.4 Å². The number of carbonyl (C=O) groups is 1. The van der Waals surface area contributed by atoms with Gasteiger partial charge in [-0.15, -0.1) is 0 Å². The molecule has 0 fully saturated rings. The van der Waals surface area contributed by atoms with Crippen molar-refractivity contribution >= 4 is 28.1 Å². The van der Waals surface area contributed by atoms with Crippen molar-refractivity contribution in [2.45, 2.75) is 19.1 Å². The first-order chi connectivity index (χ1) is 16.1. The van der Waals surface area contributed by atoms with Gasteiger partial charge in [-0.2, -0.15) is 0 Å². The second kappa shape index (κ2) is 8.96. The molecular formula is C28H26N2O3. The van der Waals surface area contributed by atoms with E-state index in [-0.39, 0.29) is 17.7 Å². The quantitative estimate of drug-likeness (QED) is 0.399. The number of benzene rings is 4. The van der Waals surface area contributed by atoms with Crippen molar-refractivity contribution in [1.82, 2.24) is 5.32 Å². The van der Waals surface area contributed by atoms with E-state index in [4.69, 9.17) is 4.74 Å². The lowest BCUT2D eigenvalue weighted by Crippen LogP contribution is -2.44. The van der Waals surface area contributed by atoms with Gasteiger partial charge >= 0.3 is 5.97 Å². The van der Waals surface area contributed by atoms with Crippen LogP contribution in [0, 0.1) is 0 Å². The van der Waals surface area contributed by atoms with E-state index in [0.29, 0.717) is 18.8 Å². The lowest BCUT2D eigenvalue weighted by Gasteiger charge is -2.37. The van der Waals surface area contributed by atoms with E-state index in [1.165, 1.54) is 16.3 Å². The van der Waals surface area contributed by atoms with E-state index < -0.39 is 5.97 Å². The van der Waals surface area contributed by atoms with Crippen molar-refractivity contribution in [2.24, 2.45) is 0 Å². The molecule has 33 heavy (non-hydrogen) atoms. The molecule has 0 aromatic heterocycles. The molecule has 166 valence electrons. The highest BCUT2D eigenvalue weighted by Crippen LogP contribution is 2.39. The largest absolute Gasteiger partial charge is 0.485 e. The minimum absolute atomic E-state index is 0.136. The number of carboxylic acids is 1. The first-order valence-electron chi connectivity index (χ1n) is 11.2. The summed E-state index contributed by atoms with van der Waals surface area (Å²) >= 11 is 0. The van der Waals surface area contributed by atoms with Crippen LogP contribution in [0.1, 0.15) is 28.9 Å². The zero-order chi connectivity index (χ0) is 22.8. The van der Waals surface area contributed by atoms with Crippen LogP contribution in [-0.4, -0.2) is 30.3 Å². The molecule has 2 N–H and O–H groups in total.